The number of nitrogens with two attached hydrogens (primary N) is 1. The van der Waals surface area contributed by atoms with Crippen molar-refractivity contribution in [3.8, 4) is 0 Å². The van der Waals surface area contributed by atoms with Gasteiger partial charge in [0.25, 0.3) is 0 Å². The van der Waals surface area contributed by atoms with Gasteiger partial charge in [0.15, 0.2) is 0 Å². The monoisotopic (exact) mass is 151 g/mol. The molecule has 0 radical (unpaired) electrons. The van der Waals surface area contributed by atoms with Crippen LogP contribution in [0.4, 0.5) is 0 Å². The maximum absolute atomic E-state index is 5.32. The number of hydrogen-bond acceptors (Lipinski definition) is 2. The third-order valence-corrected chi connectivity index (χ3v) is 1.76. The van der Waals surface area contributed by atoms with Crippen molar-refractivity contribution in [3.63, 3.8) is 0 Å². The van der Waals surface area contributed by atoms with Crippen LogP contribution in [0.1, 0.15) is 5.56 Å². The Morgan fingerprint density at radius 2 is 1.90 bits per heavy atom. The fourth-order valence-electron chi connectivity index (χ4n) is 0.692. The van der Waals surface area contributed by atoms with E-state index in [0.717, 1.165) is 10.5 Å². The van der Waals surface area contributed by atoms with Gasteiger partial charge in [0.1, 0.15) is 0 Å². The molecule has 1 nitrogen and oxygen atoms in total. The molecular weight excluding hydrogens is 142 g/mol. The first-order valence-corrected chi connectivity index (χ1v) is 3.83. The summed E-state index contributed by atoms with van der Waals surface area (Å²) in [6.45, 7) is 3.78. The highest BCUT2D eigenvalue weighted by atomic mass is 32.2. The quantitative estimate of drug-likeness (QED) is 0.656. The highest BCUT2D eigenvalue weighted by Gasteiger charge is 1.92. The van der Waals surface area contributed by atoms with Gasteiger partial charge in [0.05, 0.1) is 0 Å². The molecule has 2 heteroatoms. The first-order valence-electron chi connectivity index (χ1n) is 2.95. The van der Waals surface area contributed by atoms with E-state index in [1.54, 1.807) is 0 Å². The Morgan fingerprint density at radius 1 is 1.30 bits per heavy atom. The molecule has 10 heavy (non-hydrogen) atoms. The molecule has 0 aromatic heterocycles. The molecule has 0 fully saturated rings. The van der Waals surface area contributed by atoms with Gasteiger partial charge in [-0.1, -0.05) is 36.9 Å². The predicted octanol–water partition coefficient (Wildman–Crippen LogP) is 2.26. The van der Waals surface area contributed by atoms with Gasteiger partial charge in [-0.05, 0) is 17.5 Å². The zero-order valence-electron chi connectivity index (χ0n) is 5.58. The summed E-state index contributed by atoms with van der Waals surface area (Å²) < 4.78 is 0. The van der Waals surface area contributed by atoms with E-state index >= 15 is 0 Å². The summed E-state index contributed by atoms with van der Waals surface area (Å²) in [7, 11) is 0. The van der Waals surface area contributed by atoms with Crippen LogP contribution in [-0.2, 0) is 0 Å². The minimum Gasteiger partial charge on any atom is -0.274 e. The fraction of sp³-hybridized carbons (Fsp3) is 0. The van der Waals surface area contributed by atoms with Crippen molar-refractivity contribution >= 4 is 16.9 Å². The van der Waals surface area contributed by atoms with Gasteiger partial charge >= 0.3 is 0 Å². The van der Waals surface area contributed by atoms with Crippen molar-refractivity contribution in [1.29, 1.82) is 0 Å². The molecule has 0 atom stereocenters. The summed E-state index contributed by atoms with van der Waals surface area (Å²) in [6, 6.07) is 9.88. The standard InChI is InChI=1S/C8H9NS/c1-7(10-9)8-5-3-2-4-6-8/h2-6H,1,9H2. The van der Waals surface area contributed by atoms with Crippen LogP contribution in [0.5, 0.6) is 0 Å². The van der Waals surface area contributed by atoms with Crippen LogP contribution in [0.3, 0.4) is 0 Å². The van der Waals surface area contributed by atoms with E-state index in [1.165, 1.54) is 11.9 Å². The highest BCUT2D eigenvalue weighted by molar-refractivity contribution is 8.06. The van der Waals surface area contributed by atoms with Crippen molar-refractivity contribution in [2.75, 3.05) is 0 Å². The van der Waals surface area contributed by atoms with Crippen LogP contribution in [0.25, 0.3) is 4.91 Å². The van der Waals surface area contributed by atoms with Crippen LogP contribution >= 0.6 is 11.9 Å². The zero-order valence-corrected chi connectivity index (χ0v) is 6.40. The molecule has 0 aliphatic carbocycles. The normalized spacial score (nSPS) is 9.30. The van der Waals surface area contributed by atoms with E-state index in [9.17, 15) is 0 Å². The fourth-order valence-corrected chi connectivity index (χ4v) is 0.964. The maximum atomic E-state index is 5.32. The lowest BCUT2D eigenvalue weighted by molar-refractivity contribution is 1.66. The predicted molar refractivity (Wildman–Crippen MR) is 47.3 cm³/mol. The minimum absolute atomic E-state index is 0.903. The van der Waals surface area contributed by atoms with Crippen molar-refractivity contribution < 1.29 is 0 Å². The van der Waals surface area contributed by atoms with Crippen LogP contribution in [0.2, 0.25) is 0 Å². The van der Waals surface area contributed by atoms with E-state index in [1.807, 2.05) is 30.3 Å². The number of rotatable bonds is 2. The van der Waals surface area contributed by atoms with Gasteiger partial charge in [0.2, 0.25) is 0 Å². The van der Waals surface area contributed by atoms with Gasteiger partial charge < -0.3 is 0 Å². The average Bonchev–Trinajstić information content (AvgIpc) is 2.05. The van der Waals surface area contributed by atoms with Gasteiger partial charge in [0, 0.05) is 4.91 Å². The largest absolute Gasteiger partial charge is 0.274 e. The topological polar surface area (TPSA) is 26.0 Å². The van der Waals surface area contributed by atoms with Crippen LogP contribution in [-0.4, -0.2) is 0 Å². The Hall–Kier alpha value is -0.730. The van der Waals surface area contributed by atoms with Crippen LogP contribution in [0, 0.1) is 0 Å². The van der Waals surface area contributed by atoms with Gasteiger partial charge in [-0.3, -0.25) is 5.14 Å². The van der Waals surface area contributed by atoms with Crippen LogP contribution in [0.15, 0.2) is 36.9 Å². The molecule has 0 aliphatic heterocycles. The second kappa shape index (κ2) is 3.44. The molecule has 1 aromatic carbocycles. The van der Waals surface area contributed by atoms with Crippen molar-refractivity contribution in [2.24, 2.45) is 5.14 Å². The Balaban J connectivity index is 2.85. The van der Waals surface area contributed by atoms with E-state index < -0.39 is 0 Å². The highest BCUT2D eigenvalue weighted by Crippen LogP contribution is 2.19. The molecule has 52 valence electrons. The first-order chi connectivity index (χ1) is 4.84. The van der Waals surface area contributed by atoms with E-state index in [-0.39, 0.29) is 0 Å². The average molecular weight is 151 g/mol. The molecule has 1 rings (SSSR count). The maximum Gasteiger partial charge on any atom is 0.0226 e. The molecule has 0 saturated heterocycles. The summed E-state index contributed by atoms with van der Waals surface area (Å²) in [4.78, 5) is 0.903. The first kappa shape index (κ1) is 7.38. The molecule has 1 aromatic rings. The zero-order chi connectivity index (χ0) is 7.40. The number of hydrogen-bond donors (Lipinski definition) is 1. The molecule has 0 saturated carbocycles. The van der Waals surface area contributed by atoms with E-state index in [4.69, 9.17) is 5.14 Å². The summed E-state index contributed by atoms with van der Waals surface area (Å²) in [6.07, 6.45) is 0. The molecular formula is C8H9NS. The Bertz CT molecular complexity index is 218. The third kappa shape index (κ3) is 1.62. The summed E-state index contributed by atoms with van der Waals surface area (Å²) in [5, 5.41) is 5.32. The van der Waals surface area contributed by atoms with Gasteiger partial charge in [-0.15, -0.1) is 0 Å². The summed E-state index contributed by atoms with van der Waals surface area (Å²) >= 11 is 1.18. The Kier molecular flexibility index (Phi) is 2.54. The minimum atomic E-state index is 0.903. The van der Waals surface area contributed by atoms with Crippen molar-refractivity contribution in [2.45, 2.75) is 0 Å². The molecule has 0 heterocycles. The Labute approximate surface area is 65.1 Å². The molecule has 0 bridgehead atoms. The second-order valence-electron chi connectivity index (χ2n) is 1.91. The van der Waals surface area contributed by atoms with Crippen molar-refractivity contribution in [3.05, 3.63) is 42.5 Å². The molecule has 0 spiro atoms. The number of benzene rings is 1. The molecule has 0 aliphatic rings. The lowest BCUT2D eigenvalue weighted by Crippen LogP contribution is -1.81. The summed E-state index contributed by atoms with van der Waals surface area (Å²) in [5.41, 5.74) is 1.09. The SMILES string of the molecule is C=C(SN)c1ccccc1. The van der Waals surface area contributed by atoms with E-state index in [0.29, 0.717) is 0 Å². The molecule has 0 amide bonds. The third-order valence-electron chi connectivity index (χ3n) is 1.24. The lowest BCUT2D eigenvalue weighted by atomic mass is 10.2. The molecule has 0 unspecified atom stereocenters. The van der Waals surface area contributed by atoms with E-state index in [2.05, 4.69) is 6.58 Å². The molecule has 2 N–H and O–H groups in total. The lowest BCUT2D eigenvalue weighted by Gasteiger charge is -1.98. The summed E-state index contributed by atoms with van der Waals surface area (Å²) in [5.74, 6) is 0. The smallest absolute Gasteiger partial charge is 0.0226 e. The van der Waals surface area contributed by atoms with Gasteiger partial charge in [-0.2, -0.15) is 0 Å². The Morgan fingerprint density at radius 3 is 2.40 bits per heavy atom. The van der Waals surface area contributed by atoms with Crippen LogP contribution < -0.4 is 5.14 Å². The second-order valence-corrected chi connectivity index (χ2v) is 2.64. The van der Waals surface area contributed by atoms with Gasteiger partial charge in [-0.25, -0.2) is 0 Å². The van der Waals surface area contributed by atoms with Crippen molar-refractivity contribution in [1.82, 2.24) is 0 Å².